The molecular weight excluding hydrogens is 645 g/mol. The molecule has 0 saturated carbocycles. The Morgan fingerprint density at radius 1 is 0.538 bits per heavy atom. The molecule has 1 heterocycles. The highest BCUT2D eigenvalue weighted by molar-refractivity contribution is 5.69. The van der Waals surface area contributed by atoms with Crippen molar-refractivity contribution in [1.82, 2.24) is 10.2 Å². The summed E-state index contributed by atoms with van der Waals surface area (Å²) in [5.74, 6) is -0.294. The third-order valence-corrected chi connectivity index (χ3v) is 9.84. The van der Waals surface area contributed by atoms with E-state index in [9.17, 15) is 9.59 Å². The van der Waals surface area contributed by atoms with E-state index >= 15 is 0 Å². The summed E-state index contributed by atoms with van der Waals surface area (Å²) in [7, 11) is 0. The van der Waals surface area contributed by atoms with Crippen LogP contribution in [0.4, 0.5) is 0 Å². The standard InChI is InChI=1S/C46H82N2O4/c1-3-5-7-9-11-13-15-17-19-21-23-25-27-29-31-36-45(49)51-42-44(47-38-35-41-48-39-33-34-40-48)43-52-46(50)37-32-30-28-26-24-22-20-18-16-14-12-10-8-6-4-2/h11-14,17-20,44,47H,3-10,15-16,21-43H2,1-2H3. The minimum atomic E-state index is -0.166. The molecule has 1 saturated heterocycles. The molecule has 0 unspecified atom stereocenters. The Hall–Kier alpha value is -2.18. The molecule has 1 aliphatic heterocycles. The molecular formula is C46H82N2O4. The highest BCUT2D eigenvalue weighted by Crippen LogP contribution is 2.11. The zero-order valence-corrected chi connectivity index (χ0v) is 34.1. The number of ether oxygens (including phenoxy) is 2. The fourth-order valence-electron chi connectivity index (χ4n) is 6.47. The first-order valence-electron chi connectivity index (χ1n) is 22.0. The van der Waals surface area contributed by atoms with Crippen molar-refractivity contribution < 1.29 is 19.1 Å². The first-order valence-corrected chi connectivity index (χ1v) is 22.0. The van der Waals surface area contributed by atoms with E-state index in [1.54, 1.807) is 0 Å². The number of hydrogen-bond donors (Lipinski definition) is 1. The second-order valence-corrected chi connectivity index (χ2v) is 14.9. The molecule has 6 nitrogen and oxygen atoms in total. The SMILES string of the molecule is CCCCCC=CCC=CCCCCCCCC(=O)OCC(COC(=O)CCCCCCCC=CCC=CCCCCC)NCCCN1CCCC1. The molecule has 300 valence electrons. The van der Waals surface area contributed by atoms with Crippen LogP contribution in [0.5, 0.6) is 0 Å². The van der Waals surface area contributed by atoms with Gasteiger partial charge in [0.25, 0.3) is 0 Å². The van der Waals surface area contributed by atoms with Crippen molar-refractivity contribution in [3.63, 3.8) is 0 Å². The van der Waals surface area contributed by atoms with Gasteiger partial charge in [-0.1, -0.05) is 127 Å². The molecule has 0 aromatic carbocycles. The highest BCUT2D eigenvalue weighted by atomic mass is 16.5. The predicted molar refractivity (Wildman–Crippen MR) is 223 cm³/mol. The molecule has 0 spiro atoms. The van der Waals surface area contributed by atoms with E-state index in [2.05, 4.69) is 72.7 Å². The minimum absolute atomic E-state index is 0.147. The number of allylic oxidation sites excluding steroid dienone is 8. The van der Waals surface area contributed by atoms with Crippen LogP contribution in [0.2, 0.25) is 0 Å². The molecule has 0 atom stereocenters. The smallest absolute Gasteiger partial charge is 0.305 e. The van der Waals surface area contributed by atoms with Crippen molar-refractivity contribution in [3.8, 4) is 0 Å². The molecule has 0 aromatic heterocycles. The second kappa shape index (κ2) is 38.5. The third-order valence-electron chi connectivity index (χ3n) is 9.84. The quantitative estimate of drug-likeness (QED) is 0.0390. The summed E-state index contributed by atoms with van der Waals surface area (Å²) in [6, 6.07) is -0.166. The largest absolute Gasteiger partial charge is 0.464 e. The molecule has 0 amide bonds. The number of carbonyl (C=O) groups excluding carboxylic acids is 2. The van der Waals surface area contributed by atoms with Crippen LogP contribution in [0, 0.1) is 0 Å². The van der Waals surface area contributed by atoms with E-state index in [1.165, 1.54) is 103 Å². The molecule has 1 fully saturated rings. The van der Waals surface area contributed by atoms with Gasteiger partial charge < -0.3 is 19.7 Å². The Balaban J connectivity index is 2.16. The average molecular weight is 727 g/mol. The average Bonchev–Trinajstić information content (AvgIpc) is 3.68. The van der Waals surface area contributed by atoms with Gasteiger partial charge >= 0.3 is 11.9 Å². The number of hydrogen-bond acceptors (Lipinski definition) is 6. The van der Waals surface area contributed by atoms with E-state index in [-0.39, 0.29) is 31.2 Å². The zero-order valence-electron chi connectivity index (χ0n) is 34.1. The molecule has 0 aliphatic carbocycles. The Morgan fingerprint density at radius 3 is 1.38 bits per heavy atom. The van der Waals surface area contributed by atoms with E-state index in [0.29, 0.717) is 12.8 Å². The molecule has 52 heavy (non-hydrogen) atoms. The number of likely N-dealkylation sites (tertiary alicyclic amines) is 1. The molecule has 1 rings (SSSR count). The highest BCUT2D eigenvalue weighted by Gasteiger charge is 2.16. The van der Waals surface area contributed by atoms with Crippen molar-refractivity contribution in [3.05, 3.63) is 48.6 Å². The summed E-state index contributed by atoms with van der Waals surface area (Å²) in [5, 5.41) is 3.50. The van der Waals surface area contributed by atoms with Gasteiger partial charge in [-0.2, -0.15) is 0 Å². The summed E-state index contributed by atoms with van der Waals surface area (Å²) in [5.41, 5.74) is 0. The van der Waals surface area contributed by atoms with Gasteiger partial charge in [-0.3, -0.25) is 9.59 Å². The summed E-state index contributed by atoms with van der Waals surface area (Å²) in [6.07, 6.45) is 48.5. The van der Waals surface area contributed by atoms with Gasteiger partial charge in [0, 0.05) is 12.8 Å². The Kier molecular flexibility index (Phi) is 35.5. The van der Waals surface area contributed by atoms with Crippen molar-refractivity contribution in [1.29, 1.82) is 0 Å². The molecule has 6 heteroatoms. The van der Waals surface area contributed by atoms with Crippen LogP contribution in [-0.2, 0) is 19.1 Å². The first kappa shape index (κ1) is 47.8. The fourth-order valence-corrected chi connectivity index (χ4v) is 6.47. The van der Waals surface area contributed by atoms with E-state index < -0.39 is 0 Å². The number of esters is 2. The number of rotatable bonds is 37. The van der Waals surface area contributed by atoms with Gasteiger partial charge in [-0.25, -0.2) is 0 Å². The topological polar surface area (TPSA) is 67.9 Å². The van der Waals surface area contributed by atoms with Crippen LogP contribution in [-0.4, -0.2) is 62.3 Å². The van der Waals surface area contributed by atoms with Gasteiger partial charge in [0.2, 0.25) is 0 Å². The van der Waals surface area contributed by atoms with Gasteiger partial charge in [-0.15, -0.1) is 0 Å². The first-order chi connectivity index (χ1) is 25.7. The monoisotopic (exact) mass is 727 g/mol. The van der Waals surface area contributed by atoms with Gasteiger partial charge in [0.15, 0.2) is 0 Å². The lowest BCUT2D eigenvalue weighted by molar-refractivity contribution is -0.147. The number of nitrogens with one attached hydrogen (secondary N) is 1. The van der Waals surface area contributed by atoms with Crippen LogP contribution >= 0.6 is 0 Å². The maximum atomic E-state index is 12.5. The normalized spacial score (nSPS) is 14.5. The summed E-state index contributed by atoms with van der Waals surface area (Å²) < 4.78 is 11.3. The van der Waals surface area contributed by atoms with Crippen molar-refractivity contribution in [2.75, 3.05) is 39.4 Å². The van der Waals surface area contributed by atoms with Crippen LogP contribution < -0.4 is 5.32 Å². The zero-order chi connectivity index (χ0) is 37.4. The number of unbranched alkanes of at least 4 members (excludes halogenated alkanes) is 16. The molecule has 1 aliphatic rings. The Labute approximate surface area is 321 Å². The molecule has 0 aromatic rings. The van der Waals surface area contributed by atoms with Crippen LogP contribution in [0.1, 0.15) is 187 Å². The number of carbonyl (C=O) groups is 2. The van der Waals surface area contributed by atoms with Crippen LogP contribution in [0.15, 0.2) is 48.6 Å². The Bertz CT molecular complexity index is 859. The van der Waals surface area contributed by atoms with Crippen molar-refractivity contribution >= 4 is 11.9 Å². The maximum absolute atomic E-state index is 12.5. The minimum Gasteiger partial charge on any atom is -0.464 e. The van der Waals surface area contributed by atoms with Gasteiger partial charge in [-0.05, 0) is 122 Å². The summed E-state index contributed by atoms with van der Waals surface area (Å²) in [4.78, 5) is 27.5. The van der Waals surface area contributed by atoms with E-state index in [4.69, 9.17) is 9.47 Å². The maximum Gasteiger partial charge on any atom is 0.305 e. The van der Waals surface area contributed by atoms with Crippen molar-refractivity contribution in [2.24, 2.45) is 0 Å². The lowest BCUT2D eigenvalue weighted by atomic mass is 10.1. The van der Waals surface area contributed by atoms with Crippen molar-refractivity contribution in [2.45, 2.75) is 193 Å². The number of nitrogens with zero attached hydrogens (tertiary/aromatic N) is 1. The summed E-state index contributed by atoms with van der Waals surface area (Å²) in [6.45, 7) is 9.29. The summed E-state index contributed by atoms with van der Waals surface area (Å²) >= 11 is 0. The predicted octanol–water partition coefficient (Wildman–Crippen LogP) is 12.1. The lowest BCUT2D eigenvalue weighted by Crippen LogP contribution is -2.40. The van der Waals surface area contributed by atoms with E-state index in [0.717, 1.165) is 83.7 Å². The van der Waals surface area contributed by atoms with Crippen LogP contribution in [0.25, 0.3) is 0 Å². The molecule has 1 N–H and O–H groups in total. The Morgan fingerprint density at radius 2 is 0.942 bits per heavy atom. The second-order valence-electron chi connectivity index (χ2n) is 14.9. The molecule has 0 bridgehead atoms. The fraction of sp³-hybridized carbons (Fsp3) is 0.783. The van der Waals surface area contributed by atoms with E-state index in [1.807, 2.05) is 0 Å². The van der Waals surface area contributed by atoms with Crippen LogP contribution in [0.3, 0.4) is 0 Å². The lowest BCUT2D eigenvalue weighted by Gasteiger charge is -2.20. The third kappa shape index (κ3) is 33.6. The van der Waals surface area contributed by atoms with Gasteiger partial charge in [0.05, 0.1) is 6.04 Å². The molecule has 0 radical (unpaired) electrons. The van der Waals surface area contributed by atoms with Gasteiger partial charge in [0.1, 0.15) is 13.2 Å².